The van der Waals surface area contributed by atoms with Gasteiger partial charge in [-0.25, -0.2) is 9.97 Å². The molecule has 0 aliphatic heterocycles. The van der Waals surface area contributed by atoms with Crippen molar-refractivity contribution in [2.24, 2.45) is 0 Å². The Morgan fingerprint density at radius 1 is 1.37 bits per heavy atom. The number of aromatic nitrogens is 2. The highest BCUT2D eigenvalue weighted by atomic mass is 79.9. The van der Waals surface area contributed by atoms with Gasteiger partial charge in [0.2, 0.25) is 0 Å². The van der Waals surface area contributed by atoms with Crippen molar-refractivity contribution in [3.63, 3.8) is 0 Å². The van der Waals surface area contributed by atoms with Crippen LogP contribution in [0.4, 0.5) is 0 Å². The summed E-state index contributed by atoms with van der Waals surface area (Å²) in [4.78, 5) is 20.7. The first-order chi connectivity index (χ1) is 8.81. The molecule has 1 aromatic heterocycles. The third kappa shape index (κ3) is 3.53. The molecule has 2 rings (SSSR count). The first-order valence-electron chi connectivity index (χ1n) is 6.51. The highest BCUT2D eigenvalue weighted by Crippen LogP contribution is 2.45. The van der Waals surface area contributed by atoms with Crippen LogP contribution in [0.3, 0.4) is 0 Å². The van der Waals surface area contributed by atoms with Crippen LogP contribution in [0.15, 0.2) is 16.9 Å². The zero-order valence-corrected chi connectivity index (χ0v) is 13.2. The Balaban J connectivity index is 2.11. The van der Waals surface area contributed by atoms with E-state index in [-0.39, 0.29) is 11.4 Å². The largest absolute Gasteiger partial charge is 0.460 e. The van der Waals surface area contributed by atoms with Crippen molar-refractivity contribution in [2.45, 2.75) is 57.5 Å². The summed E-state index contributed by atoms with van der Waals surface area (Å²) >= 11 is 3.33. The predicted molar refractivity (Wildman–Crippen MR) is 75.7 cm³/mol. The van der Waals surface area contributed by atoms with Crippen LogP contribution in [0.2, 0.25) is 0 Å². The minimum atomic E-state index is -0.442. The second-order valence-corrected chi connectivity index (χ2v) is 7.04. The lowest BCUT2D eigenvalue weighted by atomic mass is 9.66. The second-order valence-electron chi connectivity index (χ2n) is 6.12. The third-order valence-electron chi connectivity index (χ3n) is 3.31. The average Bonchev–Trinajstić information content (AvgIpc) is 2.22. The number of ether oxygens (including phenoxy) is 1. The molecule has 19 heavy (non-hydrogen) atoms. The first kappa shape index (κ1) is 14.4. The van der Waals surface area contributed by atoms with Crippen molar-refractivity contribution < 1.29 is 9.53 Å². The maximum Gasteiger partial charge on any atom is 0.307 e. The number of rotatable bonds is 3. The van der Waals surface area contributed by atoms with Gasteiger partial charge in [-0.15, -0.1) is 0 Å². The lowest BCUT2D eigenvalue weighted by molar-refractivity contribution is -0.157. The lowest BCUT2D eigenvalue weighted by Crippen LogP contribution is -2.40. The molecule has 1 saturated carbocycles. The van der Waals surface area contributed by atoms with Crippen LogP contribution in [0.25, 0.3) is 0 Å². The third-order valence-corrected chi connectivity index (χ3v) is 3.72. The Labute approximate surface area is 122 Å². The number of hydrogen-bond donors (Lipinski definition) is 0. The van der Waals surface area contributed by atoms with Gasteiger partial charge in [0, 0.05) is 17.8 Å². The van der Waals surface area contributed by atoms with E-state index in [9.17, 15) is 4.79 Å². The SMILES string of the molecule is CC(C)(C)OC(=O)CC1(c2ncc(Br)cn2)CCC1. The molecular weight excluding hydrogens is 308 g/mol. The highest BCUT2D eigenvalue weighted by molar-refractivity contribution is 9.10. The molecule has 4 nitrogen and oxygen atoms in total. The number of nitrogens with zero attached hydrogens (tertiary/aromatic N) is 2. The van der Waals surface area contributed by atoms with E-state index in [0.29, 0.717) is 6.42 Å². The molecule has 0 spiro atoms. The zero-order chi connectivity index (χ0) is 14.1. The normalized spacial score (nSPS) is 17.7. The first-order valence-corrected chi connectivity index (χ1v) is 7.30. The fourth-order valence-corrected chi connectivity index (χ4v) is 2.53. The zero-order valence-electron chi connectivity index (χ0n) is 11.6. The number of esters is 1. The van der Waals surface area contributed by atoms with Gasteiger partial charge in [-0.1, -0.05) is 6.42 Å². The van der Waals surface area contributed by atoms with Crippen LogP contribution >= 0.6 is 15.9 Å². The molecule has 0 atom stereocenters. The highest BCUT2D eigenvalue weighted by Gasteiger charge is 2.44. The molecule has 0 aromatic carbocycles. The van der Waals surface area contributed by atoms with Gasteiger partial charge in [-0.3, -0.25) is 4.79 Å². The summed E-state index contributed by atoms with van der Waals surface area (Å²) in [7, 11) is 0. The predicted octanol–water partition coefficient (Wildman–Crippen LogP) is 3.39. The molecule has 0 unspecified atom stereocenters. The van der Waals surface area contributed by atoms with Gasteiger partial charge in [0.15, 0.2) is 0 Å². The Bertz CT molecular complexity index is 461. The maximum absolute atomic E-state index is 12.0. The Morgan fingerprint density at radius 2 is 1.95 bits per heavy atom. The minimum Gasteiger partial charge on any atom is -0.460 e. The summed E-state index contributed by atoms with van der Waals surface area (Å²) in [6.45, 7) is 5.65. The van der Waals surface area contributed by atoms with E-state index in [1.807, 2.05) is 20.8 Å². The quantitative estimate of drug-likeness (QED) is 0.799. The van der Waals surface area contributed by atoms with E-state index in [2.05, 4.69) is 25.9 Å². The van der Waals surface area contributed by atoms with E-state index in [1.54, 1.807) is 12.4 Å². The number of hydrogen-bond acceptors (Lipinski definition) is 4. The molecule has 0 saturated heterocycles. The van der Waals surface area contributed by atoms with Crippen LogP contribution in [0.5, 0.6) is 0 Å². The van der Waals surface area contributed by atoms with Crippen molar-refractivity contribution in [3.05, 3.63) is 22.7 Å². The number of carbonyl (C=O) groups is 1. The van der Waals surface area contributed by atoms with Gasteiger partial charge in [0.25, 0.3) is 0 Å². The van der Waals surface area contributed by atoms with E-state index < -0.39 is 5.60 Å². The topological polar surface area (TPSA) is 52.1 Å². The van der Waals surface area contributed by atoms with E-state index in [1.165, 1.54) is 0 Å². The fraction of sp³-hybridized carbons (Fsp3) is 0.643. The molecule has 1 fully saturated rings. The van der Waals surface area contributed by atoms with Crippen LogP contribution in [0.1, 0.15) is 52.3 Å². The summed E-state index contributed by atoms with van der Waals surface area (Å²) in [5.41, 5.74) is -0.661. The Morgan fingerprint density at radius 3 is 2.37 bits per heavy atom. The summed E-state index contributed by atoms with van der Waals surface area (Å²) in [5, 5.41) is 0. The van der Waals surface area contributed by atoms with Gasteiger partial charge in [-0.05, 0) is 49.5 Å². The van der Waals surface area contributed by atoms with E-state index >= 15 is 0 Å². The van der Waals surface area contributed by atoms with Crippen LogP contribution in [-0.4, -0.2) is 21.5 Å². The number of halogens is 1. The Kier molecular flexibility index (Phi) is 3.95. The van der Waals surface area contributed by atoms with Crippen LogP contribution < -0.4 is 0 Å². The number of carbonyl (C=O) groups excluding carboxylic acids is 1. The van der Waals surface area contributed by atoms with Gasteiger partial charge >= 0.3 is 5.97 Å². The molecule has 1 aliphatic rings. The standard InChI is InChI=1S/C14H19BrN2O2/c1-13(2,3)19-11(18)7-14(5-4-6-14)12-16-8-10(15)9-17-12/h8-9H,4-7H2,1-3H3. The van der Waals surface area contributed by atoms with Crippen LogP contribution in [0, 0.1) is 0 Å². The summed E-state index contributed by atoms with van der Waals surface area (Å²) in [5.74, 6) is 0.589. The van der Waals surface area contributed by atoms with E-state index in [4.69, 9.17) is 4.74 Å². The smallest absolute Gasteiger partial charge is 0.307 e. The van der Waals surface area contributed by atoms with Crippen molar-refractivity contribution in [1.82, 2.24) is 9.97 Å². The summed E-state index contributed by atoms with van der Waals surface area (Å²) < 4.78 is 6.26. The fourth-order valence-electron chi connectivity index (χ4n) is 2.32. The van der Waals surface area contributed by atoms with Crippen molar-refractivity contribution >= 4 is 21.9 Å². The minimum absolute atomic E-state index is 0.168. The second kappa shape index (κ2) is 5.19. The Hall–Kier alpha value is -0.970. The van der Waals surface area contributed by atoms with Crippen molar-refractivity contribution in [2.75, 3.05) is 0 Å². The molecule has 0 amide bonds. The maximum atomic E-state index is 12.0. The molecule has 5 heteroatoms. The van der Waals surface area contributed by atoms with Crippen molar-refractivity contribution in [1.29, 1.82) is 0 Å². The molecule has 0 radical (unpaired) electrons. The van der Waals surface area contributed by atoms with Gasteiger partial charge in [0.05, 0.1) is 10.9 Å². The van der Waals surface area contributed by atoms with E-state index in [0.717, 1.165) is 29.6 Å². The van der Waals surface area contributed by atoms with Crippen molar-refractivity contribution in [3.8, 4) is 0 Å². The molecule has 1 heterocycles. The molecule has 0 N–H and O–H groups in total. The molecule has 0 bridgehead atoms. The molecule has 104 valence electrons. The van der Waals surface area contributed by atoms with Gasteiger partial charge in [-0.2, -0.15) is 0 Å². The molecule has 1 aliphatic carbocycles. The summed E-state index contributed by atoms with van der Waals surface area (Å²) in [6.07, 6.45) is 6.85. The monoisotopic (exact) mass is 326 g/mol. The molecular formula is C14H19BrN2O2. The summed E-state index contributed by atoms with van der Waals surface area (Å²) in [6, 6.07) is 0. The van der Waals surface area contributed by atoms with Gasteiger partial charge < -0.3 is 4.74 Å². The van der Waals surface area contributed by atoms with Crippen LogP contribution in [-0.2, 0) is 14.9 Å². The average molecular weight is 327 g/mol. The molecule has 1 aromatic rings. The lowest BCUT2D eigenvalue weighted by Gasteiger charge is -2.40. The van der Waals surface area contributed by atoms with Gasteiger partial charge in [0.1, 0.15) is 11.4 Å².